The van der Waals surface area contributed by atoms with Crippen LogP contribution < -0.4 is 15.4 Å². The van der Waals surface area contributed by atoms with Gasteiger partial charge in [-0.1, -0.05) is 12.1 Å². The summed E-state index contributed by atoms with van der Waals surface area (Å²) in [4.78, 5) is 16.0. The molecule has 2 rings (SSSR count). The molecule has 0 aliphatic carbocycles. The summed E-state index contributed by atoms with van der Waals surface area (Å²) >= 11 is 0. The highest BCUT2D eigenvalue weighted by Crippen LogP contribution is 2.28. The van der Waals surface area contributed by atoms with Crippen molar-refractivity contribution in [2.24, 2.45) is 5.73 Å². The SMILES string of the molecule is COCCOc1ccccc1N1CCN(C(=O)[C@@H](C)N)CC1.Cl. The number of anilines is 1. The zero-order valence-electron chi connectivity index (χ0n) is 13.7. The largest absolute Gasteiger partial charge is 0.489 e. The Balaban J connectivity index is 0.00000264. The lowest BCUT2D eigenvalue weighted by atomic mass is 10.2. The smallest absolute Gasteiger partial charge is 0.239 e. The van der Waals surface area contributed by atoms with Crippen LogP contribution in [0.1, 0.15) is 6.92 Å². The molecule has 1 aromatic rings. The summed E-state index contributed by atoms with van der Waals surface area (Å²) in [5.74, 6) is 0.871. The van der Waals surface area contributed by atoms with Crippen molar-refractivity contribution in [2.45, 2.75) is 13.0 Å². The molecule has 7 heteroatoms. The summed E-state index contributed by atoms with van der Waals surface area (Å²) in [5, 5.41) is 0. The van der Waals surface area contributed by atoms with E-state index in [4.69, 9.17) is 15.2 Å². The molecule has 1 aliphatic heterocycles. The van der Waals surface area contributed by atoms with Crippen molar-refractivity contribution in [1.82, 2.24) is 4.90 Å². The number of rotatable bonds is 6. The van der Waals surface area contributed by atoms with Crippen LogP contribution in [0, 0.1) is 0 Å². The van der Waals surface area contributed by atoms with Gasteiger partial charge in [0.05, 0.1) is 18.3 Å². The summed E-state index contributed by atoms with van der Waals surface area (Å²) < 4.78 is 10.8. The number of nitrogens with two attached hydrogens (primary N) is 1. The normalized spacial score (nSPS) is 15.8. The van der Waals surface area contributed by atoms with Gasteiger partial charge in [-0.3, -0.25) is 4.79 Å². The van der Waals surface area contributed by atoms with E-state index in [2.05, 4.69) is 4.90 Å². The van der Waals surface area contributed by atoms with Gasteiger partial charge in [-0.25, -0.2) is 0 Å². The molecule has 130 valence electrons. The molecule has 2 N–H and O–H groups in total. The van der Waals surface area contributed by atoms with Gasteiger partial charge in [0.1, 0.15) is 12.4 Å². The second kappa shape index (κ2) is 9.60. The average molecular weight is 344 g/mol. The Morgan fingerprint density at radius 1 is 1.22 bits per heavy atom. The second-order valence-corrected chi connectivity index (χ2v) is 5.41. The molecule has 1 amide bonds. The molecule has 1 fully saturated rings. The van der Waals surface area contributed by atoms with E-state index in [-0.39, 0.29) is 18.3 Å². The minimum absolute atomic E-state index is 0. The molecule has 1 atom stereocenters. The van der Waals surface area contributed by atoms with Crippen molar-refractivity contribution in [3.05, 3.63) is 24.3 Å². The van der Waals surface area contributed by atoms with Gasteiger partial charge in [0.15, 0.2) is 0 Å². The lowest BCUT2D eigenvalue weighted by molar-refractivity contribution is -0.132. The Morgan fingerprint density at radius 2 is 1.87 bits per heavy atom. The summed E-state index contributed by atoms with van der Waals surface area (Å²) in [7, 11) is 1.66. The molecule has 23 heavy (non-hydrogen) atoms. The van der Waals surface area contributed by atoms with Crippen LogP contribution in [0.2, 0.25) is 0 Å². The van der Waals surface area contributed by atoms with E-state index in [0.717, 1.165) is 24.5 Å². The van der Waals surface area contributed by atoms with Crippen molar-refractivity contribution in [1.29, 1.82) is 0 Å². The van der Waals surface area contributed by atoms with Crippen LogP contribution in [0.15, 0.2) is 24.3 Å². The van der Waals surface area contributed by atoms with Gasteiger partial charge in [0.2, 0.25) is 5.91 Å². The van der Waals surface area contributed by atoms with Crippen LogP contribution in [-0.4, -0.2) is 63.4 Å². The van der Waals surface area contributed by atoms with Gasteiger partial charge in [-0.2, -0.15) is 0 Å². The number of methoxy groups -OCH3 is 1. The standard InChI is InChI=1S/C16H25N3O3.ClH/c1-13(17)16(20)19-9-7-18(8-10-19)14-5-3-4-6-15(14)22-12-11-21-2;/h3-6,13H,7-12,17H2,1-2H3;1H/t13-;/m1./s1. The number of benzene rings is 1. The molecule has 1 aliphatic rings. The van der Waals surface area contributed by atoms with Crippen molar-refractivity contribution in [3.8, 4) is 5.75 Å². The number of piperazine rings is 1. The first-order valence-corrected chi connectivity index (χ1v) is 7.63. The van der Waals surface area contributed by atoms with Crippen LogP contribution in [0.4, 0.5) is 5.69 Å². The molecular formula is C16H26ClN3O3. The molecule has 6 nitrogen and oxygen atoms in total. The number of hydrogen-bond acceptors (Lipinski definition) is 5. The zero-order valence-corrected chi connectivity index (χ0v) is 14.6. The molecule has 0 bridgehead atoms. The van der Waals surface area contributed by atoms with E-state index < -0.39 is 6.04 Å². The van der Waals surface area contributed by atoms with Gasteiger partial charge < -0.3 is 25.0 Å². The first-order valence-electron chi connectivity index (χ1n) is 7.63. The fourth-order valence-corrected chi connectivity index (χ4v) is 2.53. The van der Waals surface area contributed by atoms with Crippen molar-refractivity contribution < 1.29 is 14.3 Å². The molecular weight excluding hydrogens is 318 g/mol. The predicted octanol–water partition coefficient (Wildman–Crippen LogP) is 1.13. The van der Waals surface area contributed by atoms with Gasteiger partial charge >= 0.3 is 0 Å². The lowest BCUT2D eigenvalue weighted by Gasteiger charge is -2.37. The molecule has 1 heterocycles. The molecule has 0 spiro atoms. The quantitative estimate of drug-likeness (QED) is 0.784. The fraction of sp³-hybridized carbons (Fsp3) is 0.562. The number of ether oxygens (including phenoxy) is 2. The molecule has 0 saturated carbocycles. The highest BCUT2D eigenvalue weighted by atomic mass is 35.5. The van der Waals surface area contributed by atoms with Crippen molar-refractivity contribution >= 4 is 24.0 Å². The fourth-order valence-electron chi connectivity index (χ4n) is 2.53. The third-order valence-electron chi connectivity index (χ3n) is 3.73. The van der Waals surface area contributed by atoms with Gasteiger partial charge in [0, 0.05) is 33.3 Å². The van der Waals surface area contributed by atoms with Crippen LogP contribution in [-0.2, 0) is 9.53 Å². The van der Waals surface area contributed by atoms with E-state index in [9.17, 15) is 4.79 Å². The molecule has 1 aromatic carbocycles. The minimum Gasteiger partial charge on any atom is -0.489 e. The number of halogens is 1. The first-order chi connectivity index (χ1) is 10.6. The Morgan fingerprint density at radius 3 is 2.48 bits per heavy atom. The average Bonchev–Trinajstić information content (AvgIpc) is 2.55. The van der Waals surface area contributed by atoms with Gasteiger partial charge in [0.25, 0.3) is 0 Å². The molecule has 0 aromatic heterocycles. The van der Waals surface area contributed by atoms with E-state index in [1.807, 2.05) is 29.2 Å². The summed E-state index contributed by atoms with van der Waals surface area (Å²) in [6.45, 7) is 5.75. The van der Waals surface area contributed by atoms with Crippen LogP contribution in [0.5, 0.6) is 5.75 Å². The Hall–Kier alpha value is -1.50. The third kappa shape index (κ3) is 5.27. The predicted molar refractivity (Wildman–Crippen MR) is 93.5 cm³/mol. The Bertz CT molecular complexity index is 491. The number of hydrogen-bond donors (Lipinski definition) is 1. The summed E-state index contributed by atoms with van der Waals surface area (Å²) in [6, 6.07) is 7.53. The number of nitrogens with zero attached hydrogens (tertiary/aromatic N) is 2. The maximum atomic E-state index is 11.9. The first kappa shape index (κ1) is 19.5. The van der Waals surface area contributed by atoms with Gasteiger partial charge in [-0.05, 0) is 19.1 Å². The van der Waals surface area contributed by atoms with Crippen LogP contribution in [0.25, 0.3) is 0 Å². The van der Waals surface area contributed by atoms with Crippen molar-refractivity contribution in [3.63, 3.8) is 0 Å². The highest BCUT2D eigenvalue weighted by Gasteiger charge is 2.24. The topological polar surface area (TPSA) is 68.0 Å². The van der Waals surface area contributed by atoms with Crippen LogP contribution >= 0.6 is 12.4 Å². The Labute approximate surface area is 143 Å². The maximum absolute atomic E-state index is 11.9. The van der Waals surface area contributed by atoms with Gasteiger partial charge in [-0.15, -0.1) is 12.4 Å². The lowest BCUT2D eigenvalue weighted by Crippen LogP contribution is -2.52. The monoisotopic (exact) mass is 343 g/mol. The van der Waals surface area contributed by atoms with E-state index in [0.29, 0.717) is 26.3 Å². The van der Waals surface area contributed by atoms with Crippen molar-refractivity contribution in [2.75, 3.05) is 51.4 Å². The summed E-state index contributed by atoms with van der Waals surface area (Å²) in [5.41, 5.74) is 6.73. The minimum atomic E-state index is -0.434. The van der Waals surface area contributed by atoms with Crippen LogP contribution in [0.3, 0.4) is 0 Å². The molecule has 0 radical (unpaired) electrons. The van der Waals surface area contributed by atoms with E-state index in [1.54, 1.807) is 14.0 Å². The maximum Gasteiger partial charge on any atom is 0.239 e. The number of para-hydroxylation sites is 2. The molecule has 0 unspecified atom stereocenters. The third-order valence-corrected chi connectivity index (χ3v) is 3.73. The molecule has 1 saturated heterocycles. The number of carbonyl (C=O) groups excluding carboxylic acids is 1. The Kier molecular flexibility index (Phi) is 8.16. The summed E-state index contributed by atoms with van der Waals surface area (Å²) in [6.07, 6.45) is 0. The van der Waals surface area contributed by atoms with E-state index >= 15 is 0 Å². The number of carbonyl (C=O) groups is 1. The van der Waals surface area contributed by atoms with E-state index in [1.165, 1.54) is 0 Å². The second-order valence-electron chi connectivity index (χ2n) is 5.41. The number of amides is 1. The zero-order chi connectivity index (χ0) is 15.9. The highest BCUT2D eigenvalue weighted by molar-refractivity contribution is 5.85.